The van der Waals surface area contributed by atoms with E-state index in [1.54, 1.807) is 6.92 Å². The van der Waals surface area contributed by atoms with Crippen molar-refractivity contribution in [2.45, 2.75) is 26.3 Å². The minimum atomic E-state index is -1.10. The van der Waals surface area contributed by atoms with Crippen LogP contribution in [0.4, 0.5) is 4.39 Å². The normalized spacial score (nSPS) is 14.6. The zero-order chi connectivity index (χ0) is 13.1. The molecule has 0 saturated heterocycles. The van der Waals surface area contributed by atoms with Gasteiger partial charge in [-0.25, -0.2) is 4.39 Å². The van der Waals surface area contributed by atoms with Crippen molar-refractivity contribution in [3.05, 3.63) is 29.8 Å². The molecule has 0 saturated carbocycles. The largest absolute Gasteiger partial charge is 0.368 e. The predicted octanol–water partition coefficient (Wildman–Crippen LogP) is 1.17. The SMILES string of the molecule is CC(C)CNC(C)(C(N)=O)c1cncc(F)c1. The van der Waals surface area contributed by atoms with Gasteiger partial charge in [-0.15, -0.1) is 0 Å². The van der Waals surface area contributed by atoms with Crippen molar-refractivity contribution >= 4 is 5.91 Å². The highest BCUT2D eigenvalue weighted by atomic mass is 19.1. The standard InChI is InChI=1S/C12H18FN3O/c1-8(2)5-16-12(3,11(14)17)9-4-10(13)7-15-6-9/h4,6-8,16H,5H2,1-3H3,(H2,14,17). The van der Waals surface area contributed by atoms with E-state index >= 15 is 0 Å². The van der Waals surface area contributed by atoms with E-state index in [-0.39, 0.29) is 0 Å². The number of aromatic nitrogens is 1. The summed E-state index contributed by atoms with van der Waals surface area (Å²) in [6, 6.07) is 1.27. The molecule has 1 unspecified atom stereocenters. The van der Waals surface area contributed by atoms with Crippen molar-refractivity contribution in [3.63, 3.8) is 0 Å². The van der Waals surface area contributed by atoms with Crippen molar-refractivity contribution in [2.75, 3.05) is 6.54 Å². The minimum Gasteiger partial charge on any atom is -0.368 e. The summed E-state index contributed by atoms with van der Waals surface area (Å²) in [7, 11) is 0. The van der Waals surface area contributed by atoms with Gasteiger partial charge in [0.2, 0.25) is 5.91 Å². The van der Waals surface area contributed by atoms with E-state index in [2.05, 4.69) is 10.3 Å². The number of nitrogens with zero attached hydrogens (tertiary/aromatic N) is 1. The lowest BCUT2D eigenvalue weighted by molar-refractivity contribution is -0.124. The summed E-state index contributed by atoms with van der Waals surface area (Å²) in [5.41, 5.74) is 4.73. The molecule has 1 amide bonds. The van der Waals surface area contributed by atoms with Crippen molar-refractivity contribution in [2.24, 2.45) is 11.7 Å². The van der Waals surface area contributed by atoms with Crippen LogP contribution in [0.1, 0.15) is 26.3 Å². The van der Waals surface area contributed by atoms with Gasteiger partial charge in [-0.05, 0) is 25.5 Å². The van der Waals surface area contributed by atoms with Crippen LogP contribution >= 0.6 is 0 Å². The summed E-state index contributed by atoms with van der Waals surface area (Å²) in [4.78, 5) is 15.3. The first kappa shape index (κ1) is 13.6. The monoisotopic (exact) mass is 239 g/mol. The number of halogens is 1. The van der Waals surface area contributed by atoms with Gasteiger partial charge in [-0.2, -0.15) is 0 Å². The molecule has 4 nitrogen and oxygen atoms in total. The summed E-state index contributed by atoms with van der Waals surface area (Å²) in [5.74, 6) is -0.679. The molecule has 0 spiro atoms. The zero-order valence-corrected chi connectivity index (χ0v) is 10.3. The van der Waals surface area contributed by atoms with Crippen LogP contribution in [0.2, 0.25) is 0 Å². The van der Waals surface area contributed by atoms with Crippen molar-refractivity contribution in [1.29, 1.82) is 0 Å². The van der Waals surface area contributed by atoms with Gasteiger partial charge in [0, 0.05) is 11.8 Å². The second-order valence-corrected chi connectivity index (χ2v) is 4.66. The number of rotatable bonds is 5. The Morgan fingerprint density at radius 3 is 2.71 bits per heavy atom. The lowest BCUT2D eigenvalue weighted by Crippen LogP contribution is -2.51. The van der Waals surface area contributed by atoms with Crippen molar-refractivity contribution in [1.82, 2.24) is 10.3 Å². The van der Waals surface area contributed by atoms with Crippen molar-refractivity contribution in [3.8, 4) is 0 Å². The number of pyridine rings is 1. The van der Waals surface area contributed by atoms with Gasteiger partial charge in [-0.3, -0.25) is 15.1 Å². The molecule has 1 aromatic rings. The van der Waals surface area contributed by atoms with Gasteiger partial charge < -0.3 is 5.73 Å². The molecule has 5 heteroatoms. The van der Waals surface area contributed by atoms with Crippen LogP contribution in [0.25, 0.3) is 0 Å². The number of primary amides is 1. The summed E-state index contributed by atoms with van der Waals surface area (Å²) in [5, 5.41) is 3.06. The number of hydrogen-bond acceptors (Lipinski definition) is 3. The molecule has 0 bridgehead atoms. The highest BCUT2D eigenvalue weighted by Gasteiger charge is 2.33. The quantitative estimate of drug-likeness (QED) is 0.810. The molecule has 0 aromatic carbocycles. The highest BCUT2D eigenvalue weighted by molar-refractivity contribution is 5.85. The second kappa shape index (κ2) is 5.23. The molecule has 1 heterocycles. The lowest BCUT2D eigenvalue weighted by Gasteiger charge is -2.28. The Morgan fingerprint density at radius 1 is 1.59 bits per heavy atom. The van der Waals surface area contributed by atoms with Gasteiger partial charge in [0.05, 0.1) is 6.20 Å². The molecule has 17 heavy (non-hydrogen) atoms. The number of carbonyl (C=O) groups is 1. The topological polar surface area (TPSA) is 68.0 Å². The number of carbonyl (C=O) groups excluding carboxylic acids is 1. The Balaban J connectivity index is 3.03. The average molecular weight is 239 g/mol. The van der Waals surface area contributed by atoms with E-state index in [1.165, 1.54) is 12.3 Å². The van der Waals surface area contributed by atoms with Gasteiger partial charge in [-0.1, -0.05) is 13.8 Å². The zero-order valence-electron chi connectivity index (χ0n) is 10.3. The fourth-order valence-corrected chi connectivity index (χ4v) is 1.42. The molecule has 1 atom stereocenters. The van der Waals surface area contributed by atoms with Crippen LogP contribution in [0.3, 0.4) is 0 Å². The maximum atomic E-state index is 13.1. The fraction of sp³-hybridized carbons (Fsp3) is 0.500. The molecule has 1 rings (SSSR count). The highest BCUT2D eigenvalue weighted by Crippen LogP contribution is 2.20. The number of nitrogens with two attached hydrogens (primary N) is 1. The summed E-state index contributed by atoms with van der Waals surface area (Å²) < 4.78 is 13.1. The molecule has 0 aliphatic heterocycles. The van der Waals surface area contributed by atoms with Gasteiger partial charge in [0.1, 0.15) is 11.4 Å². The fourth-order valence-electron chi connectivity index (χ4n) is 1.42. The Morgan fingerprint density at radius 2 is 2.24 bits per heavy atom. The van der Waals surface area contributed by atoms with E-state index in [0.29, 0.717) is 18.0 Å². The maximum Gasteiger partial charge on any atom is 0.242 e. The summed E-state index contributed by atoms with van der Waals surface area (Å²) >= 11 is 0. The van der Waals surface area contributed by atoms with E-state index in [1.807, 2.05) is 13.8 Å². The molecule has 94 valence electrons. The second-order valence-electron chi connectivity index (χ2n) is 4.66. The van der Waals surface area contributed by atoms with Crippen LogP contribution in [-0.2, 0) is 10.3 Å². The molecular formula is C12H18FN3O. The molecule has 1 aromatic heterocycles. The Hall–Kier alpha value is -1.49. The lowest BCUT2D eigenvalue weighted by atomic mass is 9.92. The first-order chi connectivity index (χ1) is 7.86. The van der Waals surface area contributed by atoms with Gasteiger partial charge >= 0.3 is 0 Å². The average Bonchev–Trinajstić information content (AvgIpc) is 2.25. The van der Waals surface area contributed by atoms with Crippen LogP contribution in [0, 0.1) is 11.7 Å². The third-order valence-corrected chi connectivity index (χ3v) is 2.64. The molecule has 0 radical (unpaired) electrons. The summed E-state index contributed by atoms with van der Waals surface area (Å²) in [6.07, 6.45) is 2.54. The number of amides is 1. The van der Waals surface area contributed by atoms with Crippen molar-refractivity contribution < 1.29 is 9.18 Å². The van der Waals surface area contributed by atoms with Crippen LogP contribution in [0.15, 0.2) is 18.5 Å². The first-order valence-corrected chi connectivity index (χ1v) is 5.52. The van der Waals surface area contributed by atoms with Gasteiger partial charge in [0.15, 0.2) is 0 Å². The number of nitrogens with one attached hydrogen (secondary N) is 1. The first-order valence-electron chi connectivity index (χ1n) is 5.52. The van der Waals surface area contributed by atoms with E-state index in [0.717, 1.165) is 6.20 Å². The Labute approximate surface area is 100 Å². The van der Waals surface area contributed by atoms with E-state index in [9.17, 15) is 9.18 Å². The third-order valence-electron chi connectivity index (χ3n) is 2.64. The molecule has 0 fully saturated rings. The molecule has 3 N–H and O–H groups in total. The maximum absolute atomic E-state index is 13.1. The molecule has 0 aliphatic rings. The molecule has 0 aliphatic carbocycles. The summed E-state index contributed by atoms with van der Waals surface area (Å²) in [6.45, 7) is 6.26. The van der Waals surface area contributed by atoms with E-state index < -0.39 is 17.3 Å². The van der Waals surface area contributed by atoms with Gasteiger partial charge in [0.25, 0.3) is 0 Å². The van der Waals surface area contributed by atoms with Crippen LogP contribution < -0.4 is 11.1 Å². The molecular weight excluding hydrogens is 221 g/mol. The Kier molecular flexibility index (Phi) is 4.17. The predicted molar refractivity (Wildman–Crippen MR) is 63.6 cm³/mol. The third kappa shape index (κ3) is 3.23. The Bertz CT molecular complexity index is 408. The number of hydrogen-bond donors (Lipinski definition) is 2. The van der Waals surface area contributed by atoms with E-state index in [4.69, 9.17) is 5.73 Å². The smallest absolute Gasteiger partial charge is 0.242 e. The van der Waals surface area contributed by atoms with Crippen LogP contribution in [-0.4, -0.2) is 17.4 Å². The minimum absolute atomic E-state index is 0.357. The van der Waals surface area contributed by atoms with Crippen LogP contribution in [0.5, 0.6) is 0 Å².